The lowest BCUT2D eigenvalue weighted by Crippen LogP contribution is -2.57. The van der Waals surface area contributed by atoms with Gasteiger partial charge in [-0.15, -0.1) is 0 Å². The molecule has 5 nitrogen and oxygen atoms in total. The van der Waals surface area contributed by atoms with Gasteiger partial charge in [0, 0.05) is 25.3 Å². The molecule has 2 fully saturated rings. The van der Waals surface area contributed by atoms with Gasteiger partial charge in [0.25, 0.3) is 0 Å². The summed E-state index contributed by atoms with van der Waals surface area (Å²) in [6, 6.07) is 0. The fraction of sp³-hybridized carbons (Fsp3) is 0.733. The molecule has 0 amide bonds. The third kappa shape index (κ3) is 3.65. The Bertz CT molecular complexity index is 459. The van der Waals surface area contributed by atoms with E-state index in [9.17, 15) is 0 Å². The fourth-order valence-corrected chi connectivity index (χ4v) is 3.55. The van der Waals surface area contributed by atoms with Gasteiger partial charge in [0.2, 0.25) is 0 Å². The average molecular weight is 311 g/mol. The van der Waals surface area contributed by atoms with E-state index < -0.39 is 0 Å². The SMILES string of the molecule is Clc1cncc(NCC2(N3CCCCC3)CCOCC2)n1. The molecular weight excluding hydrogens is 288 g/mol. The Morgan fingerprint density at radius 3 is 2.67 bits per heavy atom. The molecule has 2 aliphatic heterocycles. The van der Waals surface area contributed by atoms with Crippen molar-refractivity contribution in [1.29, 1.82) is 0 Å². The van der Waals surface area contributed by atoms with Crippen LogP contribution in [0.4, 0.5) is 5.82 Å². The summed E-state index contributed by atoms with van der Waals surface area (Å²) in [5, 5.41) is 3.87. The lowest BCUT2D eigenvalue weighted by atomic mass is 9.86. The van der Waals surface area contributed by atoms with Crippen molar-refractivity contribution in [3.05, 3.63) is 17.5 Å². The molecule has 1 aromatic rings. The zero-order valence-corrected chi connectivity index (χ0v) is 13.1. The summed E-state index contributed by atoms with van der Waals surface area (Å²) in [6.45, 7) is 4.97. The van der Waals surface area contributed by atoms with Gasteiger partial charge in [0.15, 0.2) is 0 Å². The van der Waals surface area contributed by atoms with Gasteiger partial charge in [-0.1, -0.05) is 18.0 Å². The second-order valence-electron chi connectivity index (χ2n) is 5.97. The molecule has 3 rings (SSSR count). The smallest absolute Gasteiger partial charge is 0.149 e. The highest BCUT2D eigenvalue weighted by Crippen LogP contribution is 2.31. The third-order valence-electron chi connectivity index (χ3n) is 4.65. The largest absolute Gasteiger partial charge is 0.381 e. The van der Waals surface area contributed by atoms with Crippen LogP contribution in [0.25, 0.3) is 0 Å². The summed E-state index contributed by atoms with van der Waals surface area (Å²) in [5.41, 5.74) is 0.183. The second-order valence-corrected chi connectivity index (χ2v) is 6.35. The second kappa shape index (κ2) is 6.90. The lowest BCUT2D eigenvalue weighted by Gasteiger charge is -2.48. The lowest BCUT2D eigenvalue weighted by molar-refractivity contribution is -0.0293. The first-order valence-corrected chi connectivity index (χ1v) is 8.21. The molecule has 0 bridgehead atoms. The van der Waals surface area contributed by atoms with Gasteiger partial charge in [-0.05, 0) is 38.8 Å². The maximum Gasteiger partial charge on any atom is 0.149 e. The predicted molar refractivity (Wildman–Crippen MR) is 83.7 cm³/mol. The van der Waals surface area contributed by atoms with Crippen molar-refractivity contribution < 1.29 is 4.74 Å². The normalized spacial score (nSPS) is 22.9. The number of ether oxygens (including phenoxy) is 1. The molecule has 116 valence electrons. The maximum atomic E-state index is 5.91. The molecule has 2 saturated heterocycles. The number of likely N-dealkylation sites (tertiary alicyclic amines) is 1. The van der Waals surface area contributed by atoms with E-state index in [0.717, 1.165) is 38.4 Å². The highest BCUT2D eigenvalue weighted by atomic mass is 35.5. The van der Waals surface area contributed by atoms with Crippen LogP contribution in [0.2, 0.25) is 5.15 Å². The number of hydrogen-bond acceptors (Lipinski definition) is 5. The van der Waals surface area contributed by atoms with Crippen molar-refractivity contribution in [1.82, 2.24) is 14.9 Å². The molecule has 6 heteroatoms. The number of halogens is 1. The van der Waals surface area contributed by atoms with Crippen molar-refractivity contribution in [3.8, 4) is 0 Å². The van der Waals surface area contributed by atoms with E-state index in [4.69, 9.17) is 16.3 Å². The Kier molecular flexibility index (Phi) is 4.93. The van der Waals surface area contributed by atoms with Crippen molar-refractivity contribution in [2.24, 2.45) is 0 Å². The van der Waals surface area contributed by atoms with Crippen LogP contribution < -0.4 is 5.32 Å². The summed E-state index contributed by atoms with van der Waals surface area (Å²) < 4.78 is 5.58. The number of rotatable bonds is 4. The van der Waals surface area contributed by atoms with Crippen molar-refractivity contribution in [2.45, 2.75) is 37.6 Å². The van der Waals surface area contributed by atoms with Crippen LogP contribution in [-0.4, -0.2) is 53.3 Å². The summed E-state index contributed by atoms with van der Waals surface area (Å²) >= 11 is 5.91. The van der Waals surface area contributed by atoms with E-state index in [1.54, 1.807) is 12.4 Å². The van der Waals surface area contributed by atoms with Crippen LogP contribution in [0.1, 0.15) is 32.1 Å². The minimum atomic E-state index is 0.183. The van der Waals surface area contributed by atoms with Gasteiger partial charge in [-0.3, -0.25) is 9.88 Å². The van der Waals surface area contributed by atoms with Crippen molar-refractivity contribution in [2.75, 3.05) is 38.2 Å². The number of nitrogens with zero attached hydrogens (tertiary/aromatic N) is 3. The monoisotopic (exact) mass is 310 g/mol. The number of nitrogens with one attached hydrogen (secondary N) is 1. The van der Waals surface area contributed by atoms with Crippen LogP contribution in [0.3, 0.4) is 0 Å². The van der Waals surface area contributed by atoms with Gasteiger partial charge in [0.1, 0.15) is 11.0 Å². The standard InChI is InChI=1S/C15H23ClN4O/c16-13-10-17-11-14(19-13)18-12-15(4-8-21-9-5-15)20-6-2-1-3-7-20/h10-11H,1-9,12H2,(H,18,19). The number of anilines is 1. The van der Waals surface area contributed by atoms with E-state index in [-0.39, 0.29) is 5.54 Å². The average Bonchev–Trinajstić information content (AvgIpc) is 2.55. The minimum Gasteiger partial charge on any atom is -0.381 e. The summed E-state index contributed by atoms with van der Waals surface area (Å²) in [4.78, 5) is 11.0. The molecule has 0 radical (unpaired) electrons. The van der Waals surface area contributed by atoms with Gasteiger partial charge in [-0.25, -0.2) is 4.98 Å². The Hall–Kier alpha value is -0.910. The molecule has 21 heavy (non-hydrogen) atoms. The van der Waals surface area contributed by atoms with E-state index in [0.29, 0.717) is 5.15 Å². The van der Waals surface area contributed by atoms with Crippen LogP contribution >= 0.6 is 11.6 Å². The molecule has 1 N–H and O–H groups in total. The molecule has 0 spiro atoms. The van der Waals surface area contributed by atoms with Gasteiger partial charge >= 0.3 is 0 Å². The fourth-order valence-electron chi connectivity index (χ4n) is 3.41. The van der Waals surface area contributed by atoms with Crippen LogP contribution in [0.15, 0.2) is 12.4 Å². The molecule has 3 heterocycles. The van der Waals surface area contributed by atoms with Crippen LogP contribution in [-0.2, 0) is 4.74 Å². The Morgan fingerprint density at radius 2 is 1.95 bits per heavy atom. The van der Waals surface area contributed by atoms with Gasteiger partial charge < -0.3 is 10.1 Å². The molecule has 0 aliphatic carbocycles. The van der Waals surface area contributed by atoms with Crippen LogP contribution in [0, 0.1) is 0 Å². The zero-order valence-electron chi connectivity index (χ0n) is 12.4. The molecular formula is C15H23ClN4O. The van der Waals surface area contributed by atoms with E-state index in [2.05, 4.69) is 20.2 Å². The first kappa shape index (κ1) is 15.0. The maximum absolute atomic E-state index is 5.91. The molecule has 0 saturated carbocycles. The van der Waals surface area contributed by atoms with Gasteiger partial charge in [0.05, 0.1) is 12.4 Å². The Morgan fingerprint density at radius 1 is 1.19 bits per heavy atom. The molecule has 0 aromatic carbocycles. The summed E-state index contributed by atoms with van der Waals surface area (Å²) in [5.74, 6) is 0.755. The highest BCUT2D eigenvalue weighted by Gasteiger charge is 2.38. The van der Waals surface area contributed by atoms with E-state index in [1.165, 1.54) is 32.4 Å². The number of piperidine rings is 1. The topological polar surface area (TPSA) is 50.3 Å². The Labute approximate surface area is 131 Å². The van der Waals surface area contributed by atoms with E-state index >= 15 is 0 Å². The minimum absolute atomic E-state index is 0.183. The molecule has 0 unspecified atom stereocenters. The number of hydrogen-bond donors (Lipinski definition) is 1. The zero-order chi connectivity index (χ0) is 14.5. The Balaban J connectivity index is 1.69. The molecule has 0 atom stereocenters. The molecule has 2 aliphatic rings. The summed E-state index contributed by atoms with van der Waals surface area (Å²) in [7, 11) is 0. The first-order chi connectivity index (χ1) is 10.3. The number of aromatic nitrogens is 2. The summed E-state index contributed by atoms with van der Waals surface area (Å²) in [6.07, 6.45) is 9.41. The highest BCUT2D eigenvalue weighted by molar-refractivity contribution is 6.29. The first-order valence-electron chi connectivity index (χ1n) is 7.83. The third-order valence-corrected chi connectivity index (χ3v) is 4.84. The predicted octanol–water partition coefficient (Wildman–Crippen LogP) is 2.58. The van der Waals surface area contributed by atoms with Gasteiger partial charge in [-0.2, -0.15) is 0 Å². The van der Waals surface area contributed by atoms with Crippen molar-refractivity contribution in [3.63, 3.8) is 0 Å². The molecule has 1 aromatic heterocycles. The van der Waals surface area contributed by atoms with Crippen LogP contribution in [0.5, 0.6) is 0 Å². The quantitative estimate of drug-likeness (QED) is 0.926. The van der Waals surface area contributed by atoms with Crippen molar-refractivity contribution >= 4 is 17.4 Å². The van der Waals surface area contributed by atoms with E-state index in [1.807, 2.05) is 0 Å².